The molecule has 2 amide bonds. The molecule has 0 aromatic rings. The summed E-state index contributed by atoms with van der Waals surface area (Å²) in [6, 6.07) is -0.0599. The van der Waals surface area contributed by atoms with Gasteiger partial charge in [-0.15, -0.1) is 0 Å². The van der Waals surface area contributed by atoms with E-state index in [1.54, 1.807) is 11.9 Å². The number of aliphatic hydroxyl groups is 1. The maximum Gasteiger partial charge on any atom is 0.317 e. The van der Waals surface area contributed by atoms with Gasteiger partial charge in [-0.3, -0.25) is 0 Å². The highest BCUT2D eigenvalue weighted by Crippen LogP contribution is 2.24. The molecule has 1 rings (SSSR count). The molecular weight excluding hydrogens is 216 g/mol. The molecule has 100 valence electrons. The Morgan fingerprint density at radius 1 is 1.35 bits per heavy atom. The molecule has 0 aliphatic heterocycles. The van der Waals surface area contributed by atoms with Gasteiger partial charge < -0.3 is 15.3 Å². The van der Waals surface area contributed by atoms with E-state index in [1.165, 1.54) is 0 Å². The Bertz CT molecular complexity index is 261. The Hall–Kier alpha value is -0.770. The normalized spacial score (nSPS) is 25.5. The first-order chi connectivity index (χ1) is 7.79. The zero-order valence-electron chi connectivity index (χ0n) is 11.5. The summed E-state index contributed by atoms with van der Waals surface area (Å²) in [6.45, 7) is 6.54. The third-order valence-electron chi connectivity index (χ3n) is 3.21. The smallest absolute Gasteiger partial charge is 0.317 e. The van der Waals surface area contributed by atoms with Gasteiger partial charge in [0, 0.05) is 25.0 Å². The van der Waals surface area contributed by atoms with E-state index in [-0.39, 0.29) is 23.6 Å². The second kappa shape index (κ2) is 5.71. The van der Waals surface area contributed by atoms with E-state index in [0.29, 0.717) is 6.54 Å². The summed E-state index contributed by atoms with van der Waals surface area (Å²) < 4.78 is 0. The van der Waals surface area contributed by atoms with E-state index in [4.69, 9.17) is 0 Å². The van der Waals surface area contributed by atoms with Gasteiger partial charge in [-0.25, -0.2) is 4.79 Å². The standard InChI is InChI=1S/C13H26N2O2/c1-13(2,3)14-12(17)15(4)9-10-7-5-6-8-11(10)16/h10-11,16H,5-9H2,1-4H3,(H,14,17). The number of aliphatic hydroxyl groups excluding tert-OH is 1. The first kappa shape index (κ1) is 14.3. The third kappa shape index (κ3) is 4.94. The average Bonchev–Trinajstić information content (AvgIpc) is 2.18. The van der Waals surface area contributed by atoms with Crippen molar-refractivity contribution in [2.75, 3.05) is 13.6 Å². The van der Waals surface area contributed by atoms with Crippen molar-refractivity contribution in [1.82, 2.24) is 10.2 Å². The average molecular weight is 242 g/mol. The number of nitrogens with zero attached hydrogens (tertiary/aromatic N) is 1. The summed E-state index contributed by atoms with van der Waals surface area (Å²) >= 11 is 0. The lowest BCUT2D eigenvalue weighted by molar-refractivity contribution is 0.0560. The monoisotopic (exact) mass is 242 g/mol. The second-order valence-corrected chi connectivity index (χ2v) is 6.17. The van der Waals surface area contributed by atoms with Gasteiger partial charge in [-0.2, -0.15) is 0 Å². The quantitative estimate of drug-likeness (QED) is 0.778. The van der Waals surface area contributed by atoms with Crippen LogP contribution < -0.4 is 5.32 Å². The maximum absolute atomic E-state index is 11.9. The van der Waals surface area contributed by atoms with Gasteiger partial charge in [0.05, 0.1) is 6.10 Å². The first-order valence-electron chi connectivity index (χ1n) is 6.51. The van der Waals surface area contributed by atoms with E-state index in [9.17, 15) is 9.90 Å². The van der Waals surface area contributed by atoms with Crippen LogP contribution in [0.5, 0.6) is 0 Å². The Balaban J connectivity index is 2.42. The van der Waals surface area contributed by atoms with Crippen molar-refractivity contribution in [3.05, 3.63) is 0 Å². The summed E-state index contributed by atoms with van der Waals surface area (Å²) in [5.41, 5.74) is -0.212. The van der Waals surface area contributed by atoms with Crippen molar-refractivity contribution in [3.63, 3.8) is 0 Å². The predicted octanol–water partition coefficient (Wildman–Crippen LogP) is 1.98. The minimum atomic E-state index is -0.242. The number of urea groups is 1. The van der Waals surface area contributed by atoms with Gasteiger partial charge in [0.15, 0.2) is 0 Å². The van der Waals surface area contributed by atoms with Crippen LogP contribution in [0.1, 0.15) is 46.5 Å². The van der Waals surface area contributed by atoms with Crippen molar-refractivity contribution in [2.24, 2.45) is 5.92 Å². The van der Waals surface area contributed by atoms with Crippen molar-refractivity contribution in [3.8, 4) is 0 Å². The molecule has 0 bridgehead atoms. The molecule has 4 heteroatoms. The van der Waals surface area contributed by atoms with E-state index in [0.717, 1.165) is 25.7 Å². The van der Waals surface area contributed by atoms with Gasteiger partial charge in [0.2, 0.25) is 0 Å². The molecule has 4 nitrogen and oxygen atoms in total. The highest BCUT2D eigenvalue weighted by molar-refractivity contribution is 5.74. The maximum atomic E-state index is 11.9. The fourth-order valence-corrected chi connectivity index (χ4v) is 2.25. The van der Waals surface area contributed by atoms with Crippen LogP contribution in [-0.4, -0.2) is 41.3 Å². The minimum absolute atomic E-state index is 0.0599. The van der Waals surface area contributed by atoms with Crippen molar-refractivity contribution >= 4 is 6.03 Å². The summed E-state index contributed by atoms with van der Waals surface area (Å²) in [5.74, 6) is 0.236. The van der Waals surface area contributed by atoms with Gasteiger partial charge in [0.25, 0.3) is 0 Å². The van der Waals surface area contributed by atoms with E-state index in [1.807, 2.05) is 20.8 Å². The van der Waals surface area contributed by atoms with Crippen LogP contribution in [-0.2, 0) is 0 Å². The summed E-state index contributed by atoms with van der Waals surface area (Å²) in [5, 5.41) is 12.8. The number of carbonyl (C=O) groups is 1. The number of carbonyl (C=O) groups excluding carboxylic acids is 1. The Morgan fingerprint density at radius 3 is 2.47 bits per heavy atom. The Morgan fingerprint density at radius 2 is 1.94 bits per heavy atom. The molecule has 2 N–H and O–H groups in total. The van der Waals surface area contributed by atoms with E-state index >= 15 is 0 Å². The lowest BCUT2D eigenvalue weighted by Crippen LogP contribution is -2.49. The zero-order chi connectivity index (χ0) is 13.1. The van der Waals surface area contributed by atoms with Crippen LogP contribution in [0, 0.1) is 5.92 Å². The van der Waals surface area contributed by atoms with E-state index < -0.39 is 0 Å². The van der Waals surface area contributed by atoms with Crippen molar-refractivity contribution < 1.29 is 9.90 Å². The Labute approximate surface area is 104 Å². The SMILES string of the molecule is CN(CC1CCCCC1O)C(=O)NC(C)(C)C. The van der Waals surface area contributed by atoms with Gasteiger partial charge in [0.1, 0.15) is 0 Å². The van der Waals surface area contributed by atoms with Crippen LogP contribution >= 0.6 is 0 Å². The largest absolute Gasteiger partial charge is 0.393 e. The molecule has 1 aliphatic carbocycles. The number of amides is 2. The molecule has 2 unspecified atom stereocenters. The molecular formula is C13H26N2O2. The molecule has 1 fully saturated rings. The number of nitrogens with one attached hydrogen (secondary N) is 1. The molecule has 1 saturated carbocycles. The molecule has 0 aromatic carbocycles. The zero-order valence-corrected chi connectivity index (χ0v) is 11.5. The van der Waals surface area contributed by atoms with Crippen LogP contribution in [0.2, 0.25) is 0 Å². The van der Waals surface area contributed by atoms with Crippen LogP contribution in [0.3, 0.4) is 0 Å². The fraction of sp³-hybridized carbons (Fsp3) is 0.923. The molecule has 1 aliphatic rings. The van der Waals surface area contributed by atoms with Crippen molar-refractivity contribution in [1.29, 1.82) is 0 Å². The Kier molecular flexibility index (Phi) is 4.80. The molecule has 0 spiro atoms. The van der Waals surface area contributed by atoms with Crippen LogP contribution in [0.4, 0.5) is 4.79 Å². The van der Waals surface area contributed by atoms with Crippen LogP contribution in [0.15, 0.2) is 0 Å². The molecule has 0 radical (unpaired) electrons. The summed E-state index contributed by atoms with van der Waals surface area (Å²) in [7, 11) is 1.79. The first-order valence-corrected chi connectivity index (χ1v) is 6.51. The van der Waals surface area contributed by atoms with Gasteiger partial charge >= 0.3 is 6.03 Å². The van der Waals surface area contributed by atoms with Crippen molar-refractivity contribution in [2.45, 2.75) is 58.1 Å². The highest BCUT2D eigenvalue weighted by Gasteiger charge is 2.26. The molecule has 0 saturated heterocycles. The van der Waals surface area contributed by atoms with Crippen LogP contribution in [0.25, 0.3) is 0 Å². The second-order valence-electron chi connectivity index (χ2n) is 6.17. The third-order valence-corrected chi connectivity index (χ3v) is 3.21. The van der Waals surface area contributed by atoms with E-state index in [2.05, 4.69) is 5.32 Å². The summed E-state index contributed by atoms with van der Waals surface area (Å²) in [4.78, 5) is 13.6. The molecule has 2 atom stereocenters. The molecule has 0 heterocycles. The molecule has 0 aromatic heterocycles. The molecule has 17 heavy (non-hydrogen) atoms. The van der Waals surface area contributed by atoms with Gasteiger partial charge in [-0.05, 0) is 33.6 Å². The lowest BCUT2D eigenvalue weighted by Gasteiger charge is -2.32. The number of hydrogen-bond acceptors (Lipinski definition) is 2. The topological polar surface area (TPSA) is 52.6 Å². The number of rotatable bonds is 2. The highest BCUT2D eigenvalue weighted by atomic mass is 16.3. The summed E-state index contributed by atoms with van der Waals surface area (Å²) in [6.07, 6.45) is 3.92. The number of hydrogen-bond donors (Lipinski definition) is 2. The lowest BCUT2D eigenvalue weighted by atomic mass is 9.86. The van der Waals surface area contributed by atoms with Gasteiger partial charge in [-0.1, -0.05) is 12.8 Å². The predicted molar refractivity (Wildman–Crippen MR) is 68.9 cm³/mol. The minimum Gasteiger partial charge on any atom is -0.393 e. The fourth-order valence-electron chi connectivity index (χ4n) is 2.25.